The Morgan fingerprint density at radius 3 is 2.22 bits per heavy atom. The number of benzene rings is 3. The summed E-state index contributed by atoms with van der Waals surface area (Å²) in [6.45, 7) is 0.555. The summed E-state index contributed by atoms with van der Waals surface area (Å²) in [6.07, 6.45) is 0.759. The molecule has 2 amide bonds. The molecule has 1 aliphatic heterocycles. The first-order valence-corrected chi connectivity index (χ1v) is 11.8. The van der Waals surface area contributed by atoms with Crippen molar-refractivity contribution >= 4 is 63.1 Å². The number of hydrogen-bond acceptors (Lipinski definition) is 3. The van der Waals surface area contributed by atoms with Crippen molar-refractivity contribution in [2.24, 2.45) is 0 Å². The maximum Gasteiger partial charge on any atom is 0.256 e. The molecule has 1 saturated heterocycles. The van der Waals surface area contributed by atoms with Crippen molar-refractivity contribution in [1.82, 2.24) is 4.90 Å². The molecular weight excluding hydrogens is 533 g/mol. The summed E-state index contributed by atoms with van der Waals surface area (Å²) in [5, 5.41) is 3.33. The lowest BCUT2D eigenvalue weighted by Crippen LogP contribution is -2.39. The van der Waals surface area contributed by atoms with Crippen LogP contribution in [0.1, 0.15) is 12.0 Å². The van der Waals surface area contributed by atoms with Gasteiger partial charge in [0.05, 0.1) is 12.1 Å². The number of para-hydroxylation sites is 1. The molecule has 162 valence electrons. The summed E-state index contributed by atoms with van der Waals surface area (Å²) < 4.78 is 1.09. The topological polar surface area (TPSA) is 52.7 Å². The van der Waals surface area contributed by atoms with Crippen molar-refractivity contribution in [3.8, 4) is 0 Å². The van der Waals surface area contributed by atoms with Gasteiger partial charge in [0.1, 0.15) is 6.04 Å². The third-order valence-electron chi connectivity index (χ3n) is 5.32. The standard InChI is InChI=1S/C25H22IN3O2S/c26-19-11-13-20(14-12-19)27-23(30)17-22-24(31)29(21-9-5-2-6-10-21)25(32)28(22)16-15-18-7-3-1-4-8-18/h1-14,22H,15-17H2,(H,27,30). The Hall–Kier alpha value is -2.78. The first-order chi connectivity index (χ1) is 15.5. The second-order valence-electron chi connectivity index (χ2n) is 7.50. The Labute approximate surface area is 206 Å². The normalized spacial score (nSPS) is 15.8. The Kier molecular flexibility index (Phi) is 7.16. The second kappa shape index (κ2) is 10.2. The van der Waals surface area contributed by atoms with E-state index in [0.29, 0.717) is 23.0 Å². The largest absolute Gasteiger partial charge is 0.336 e. The molecular formula is C25H22IN3O2S. The summed E-state index contributed by atoms with van der Waals surface area (Å²) in [5.41, 5.74) is 2.58. The molecule has 1 N–H and O–H groups in total. The number of hydrogen-bond donors (Lipinski definition) is 1. The minimum absolute atomic E-state index is 0.0308. The maximum atomic E-state index is 13.4. The van der Waals surface area contributed by atoms with Crippen LogP contribution in [0.4, 0.5) is 11.4 Å². The molecule has 7 heteroatoms. The van der Waals surface area contributed by atoms with Gasteiger partial charge >= 0.3 is 0 Å². The molecule has 0 aliphatic carbocycles. The van der Waals surface area contributed by atoms with E-state index in [-0.39, 0.29) is 18.2 Å². The van der Waals surface area contributed by atoms with Crippen molar-refractivity contribution in [1.29, 1.82) is 0 Å². The fourth-order valence-corrected chi connectivity index (χ4v) is 4.49. The van der Waals surface area contributed by atoms with Crippen LogP contribution in [0.15, 0.2) is 84.9 Å². The van der Waals surface area contributed by atoms with E-state index in [1.807, 2.05) is 89.8 Å². The predicted molar refractivity (Wildman–Crippen MR) is 140 cm³/mol. The highest BCUT2D eigenvalue weighted by atomic mass is 127. The van der Waals surface area contributed by atoms with E-state index in [9.17, 15) is 9.59 Å². The summed E-state index contributed by atoms with van der Waals surface area (Å²) in [4.78, 5) is 29.6. The first-order valence-electron chi connectivity index (χ1n) is 10.3. The zero-order chi connectivity index (χ0) is 22.5. The van der Waals surface area contributed by atoms with Crippen LogP contribution in [0.25, 0.3) is 0 Å². The lowest BCUT2D eigenvalue weighted by molar-refractivity contribution is -0.124. The van der Waals surface area contributed by atoms with Gasteiger partial charge in [-0.2, -0.15) is 0 Å². The minimum Gasteiger partial charge on any atom is -0.336 e. The first kappa shape index (κ1) is 22.4. The molecule has 0 aromatic heterocycles. The van der Waals surface area contributed by atoms with Gasteiger partial charge in [-0.1, -0.05) is 48.5 Å². The highest BCUT2D eigenvalue weighted by Crippen LogP contribution is 2.27. The lowest BCUT2D eigenvalue weighted by atomic mass is 10.1. The molecule has 1 fully saturated rings. The molecule has 1 unspecified atom stereocenters. The number of rotatable bonds is 7. The number of nitrogens with one attached hydrogen (secondary N) is 1. The van der Waals surface area contributed by atoms with Crippen molar-refractivity contribution in [3.05, 3.63) is 94.1 Å². The fourth-order valence-electron chi connectivity index (χ4n) is 3.72. The van der Waals surface area contributed by atoms with Crippen LogP contribution in [0.5, 0.6) is 0 Å². The zero-order valence-electron chi connectivity index (χ0n) is 17.3. The van der Waals surface area contributed by atoms with Gasteiger partial charge in [0.2, 0.25) is 5.91 Å². The summed E-state index contributed by atoms with van der Waals surface area (Å²) >= 11 is 7.92. The number of halogens is 1. The van der Waals surface area contributed by atoms with Gasteiger partial charge < -0.3 is 10.2 Å². The van der Waals surface area contributed by atoms with E-state index in [1.165, 1.54) is 0 Å². The molecule has 5 nitrogen and oxygen atoms in total. The van der Waals surface area contributed by atoms with Crippen LogP contribution in [0, 0.1) is 3.57 Å². The lowest BCUT2D eigenvalue weighted by Gasteiger charge is -2.24. The molecule has 1 heterocycles. The Bertz CT molecular complexity index is 1110. The van der Waals surface area contributed by atoms with Gasteiger partial charge in [-0.15, -0.1) is 0 Å². The van der Waals surface area contributed by atoms with Crippen molar-refractivity contribution in [3.63, 3.8) is 0 Å². The predicted octanol–water partition coefficient (Wildman–Crippen LogP) is 4.86. The van der Waals surface area contributed by atoms with Crippen molar-refractivity contribution < 1.29 is 9.59 Å². The van der Waals surface area contributed by atoms with E-state index in [2.05, 4.69) is 27.9 Å². The van der Waals surface area contributed by atoms with Gasteiger partial charge in [-0.3, -0.25) is 14.5 Å². The number of nitrogens with zero attached hydrogens (tertiary/aromatic N) is 2. The van der Waals surface area contributed by atoms with Crippen LogP contribution >= 0.6 is 34.8 Å². The molecule has 3 aromatic rings. The number of carbonyl (C=O) groups excluding carboxylic acids is 2. The molecule has 0 radical (unpaired) electrons. The minimum atomic E-state index is -0.643. The van der Waals surface area contributed by atoms with Crippen LogP contribution in [-0.4, -0.2) is 34.4 Å². The highest BCUT2D eigenvalue weighted by molar-refractivity contribution is 14.1. The van der Waals surface area contributed by atoms with Crippen molar-refractivity contribution in [2.45, 2.75) is 18.9 Å². The number of thiocarbonyl (C=S) groups is 1. The molecule has 1 aliphatic rings. The van der Waals surface area contributed by atoms with Crippen LogP contribution in [0.3, 0.4) is 0 Å². The molecule has 32 heavy (non-hydrogen) atoms. The van der Waals surface area contributed by atoms with Gasteiger partial charge in [-0.05, 0) is 83.2 Å². The van der Waals surface area contributed by atoms with E-state index < -0.39 is 6.04 Å². The number of carbonyl (C=O) groups is 2. The van der Waals surface area contributed by atoms with Gasteiger partial charge in [0.25, 0.3) is 5.91 Å². The average Bonchev–Trinajstić information content (AvgIpc) is 3.04. The molecule has 4 rings (SSSR count). The smallest absolute Gasteiger partial charge is 0.256 e. The maximum absolute atomic E-state index is 13.4. The average molecular weight is 555 g/mol. The molecule has 0 saturated carbocycles. The van der Waals surface area contributed by atoms with Crippen LogP contribution < -0.4 is 10.2 Å². The summed E-state index contributed by atoms with van der Waals surface area (Å²) in [7, 11) is 0. The van der Waals surface area contributed by atoms with Gasteiger partial charge in [-0.25, -0.2) is 0 Å². The monoisotopic (exact) mass is 555 g/mol. The van der Waals surface area contributed by atoms with Crippen LogP contribution in [-0.2, 0) is 16.0 Å². The zero-order valence-corrected chi connectivity index (χ0v) is 20.3. The molecule has 0 spiro atoms. The van der Waals surface area contributed by atoms with E-state index >= 15 is 0 Å². The van der Waals surface area contributed by atoms with Crippen molar-refractivity contribution in [2.75, 3.05) is 16.8 Å². The highest BCUT2D eigenvalue weighted by Gasteiger charge is 2.43. The number of anilines is 2. The van der Waals surface area contributed by atoms with E-state index in [0.717, 1.165) is 15.6 Å². The Balaban J connectivity index is 1.54. The third kappa shape index (κ3) is 5.16. The Morgan fingerprint density at radius 1 is 0.938 bits per heavy atom. The van der Waals surface area contributed by atoms with E-state index in [1.54, 1.807) is 4.90 Å². The second-order valence-corrected chi connectivity index (χ2v) is 9.11. The Morgan fingerprint density at radius 2 is 1.56 bits per heavy atom. The molecule has 3 aromatic carbocycles. The van der Waals surface area contributed by atoms with Gasteiger partial charge in [0.15, 0.2) is 5.11 Å². The summed E-state index contributed by atoms with van der Waals surface area (Å²) in [6, 6.07) is 26.3. The number of amides is 2. The van der Waals surface area contributed by atoms with Gasteiger partial charge in [0, 0.05) is 15.8 Å². The van der Waals surface area contributed by atoms with Crippen LogP contribution in [0.2, 0.25) is 0 Å². The third-order valence-corrected chi connectivity index (χ3v) is 6.46. The molecule has 0 bridgehead atoms. The molecule has 1 atom stereocenters. The summed E-state index contributed by atoms with van der Waals surface area (Å²) in [5.74, 6) is -0.390. The SMILES string of the molecule is O=C(CC1C(=O)N(c2ccccc2)C(=S)N1CCc1ccccc1)Nc1ccc(I)cc1. The van der Waals surface area contributed by atoms with E-state index in [4.69, 9.17) is 12.2 Å². The quantitative estimate of drug-likeness (QED) is 0.334. The fraction of sp³-hybridized carbons (Fsp3) is 0.160.